The molecule has 15 heavy (non-hydrogen) atoms. The molecule has 3 rings (SSSR count). The van der Waals surface area contributed by atoms with Crippen LogP contribution in [0.15, 0.2) is 0 Å². The summed E-state index contributed by atoms with van der Waals surface area (Å²) in [6, 6.07) is 0.163. The number of nitrogens with two attached hydrogens (primary N) is 1. The number of nitrogens with one attached hydrogen (secondary N) is 1. The standard InChI is InChI=1S/C12H19N3/c1-12(2)6-5-8-9(11(12)13)10(15-14-8)7-3-4-7/h7,11H,3-6,13H2,1-2H3,(H,14,15). The van der Waals surface area contributed by atoms with Gasteiger partial charge < -0.3 is 5.73 Å². The van der Waals surface area contributed by atoms with Crippen molar-refractivity contribution in [2.24, 2.45) is 11.1 Å². The molecule has 0 radical (unpaired) electrons. The highest BCUT2D eigenvalue weighted by Gasteiger charge is 2.40. The molecule has 1 aromatic rings. The van der Waals surface area contributed by atoms with E-state index < -0.39 is 0 Å². The average molecular weight is 205 g/mol. The Morgan fingerprint density at radius 2 is 2.13 bits per heavy atom. The Labute approximate surface area is 90.4 Å². The number of hydrogen-bond acceptors (Lipinski definition) is 2. The van der Waals surface area contributed by atoms with Crippen molar-refractivity contribution in [1.29, 1.82) is 0 Å². The molecule has 1 saturated carbocycles. The molecule has 0 spiro atoms. The van der Waals surface area contributed by atoms with E-state index in [1.54, 1.807) is 0 Å². The maximum atomic E-state index is 6.37. The van der Waals surface area contributed by atoms with Crippen molar-refractivity contribution in [3.05, 3.63) is 17.0 Å². The first-order valence-electron chi connectivity index (χ1n) is 5.92. The monoisotopic (exact) mass is 205 g/mol. The van der Waals surface area contributed by atoms with Crippen molar-refractivity contribution in [1.82, 2.24) is 10.2 Å². The van der Waals surface area contributed by atoms with E-state index >= 15 is 0 Å². The molecule has 3 N–H and O–H groups in total. The van der Waals surface area contributed by atoms with Gasteiger partial charge in [0.15, 0.2) is 0 Å². The van der Waals surface area contributed by atoms with Crippen LogP contribution in [0.25, 0.3) is 0 Å². The molecular formula is C12H19N3. The predicted molar refractivity (Wildman–Crippen MR) is 59.6 cm³/mol. The number of aryl methyl sites for hydroxylation is 1. The molecule has 1 aromatic heterocycles. The van der Waals surface area contributed by atoms with Gasteiger partial charge in [-0.1, -0.05) is 13.8 Å². The third kappa shape index (κ3) is 1.33. The van der Waals surface area contributed by atoms with Crippen LogP contribution in [0.5, 0.6) is 0 Å². The number of aromatic amines is 1. The van der Waals surface area contributed by atoms with E-state index in [1.165, 1.54) is 29.8 Å². The molecular weight excluding hydrogens is 186 g/mol. The fourth-order valence-corrected chi connectivity index (χ4v) is 2.60. The highest BCUT2D eigenvalue weighted by Crippen LogP contribution is 2.48. The molecule has 0 aliphatic heterocycles. The van der Waals surface area contributed by atoms with Gasteiger partial charge in [-0.3, -0.25) is 5.10 Å². The largest absolute Gasteiger partial charge is 0.323 e. The van der Waals surface area contributed by atoms with Gasteiger partial charge in [0.1, 0.15) is 0 Å². The second-order valence-corrected chi connectivity index (χ2v) is 5.74. The van der Waals surface area contributed by atoms with Crippen LogP contribution in [0.4, 0.5) is 0 Å². The van der Waals surface area contributed by atoms with Crippen LogP contribution in [0.1, 0.15) is 62.0 Å². The zero-order valence-electron chi connectivity index (χ0n) is 9.51. The summed E-state index contributed by atoms with van der Waals surface area (Å²) in [4.78, 5) is 0. The Balaban J connectivity index is 2.06. The molecule has 0 saturated heterocycles. The van der Waals surface area contributed by atoms with E-state index in [2.05, 4.69) is 24.0 Å². The summed E-state index contributed by atoms with van der Waals surface area (Å²) in [6.07, 6.45) is 4.86. The fourth-order valence-electron chi connectivity index (χ4n) is 2.60. The minimum absolute atomic E-state index is 0.163. The van der Waals surface area contributed by atoms with Gasteiger partial charge in [-0.2, -0.15) is 5.10 Å². The molecule has 0 aromatic carbocycles. The van der Waals surface area contributed by atoms with Gasteiger partial charge in [-0.15, -0.1) is 0 Å². The lowest BCUT2D eigenvalue weighted by molar-refractivity contribution is 0.247. The molecule has 1 unspecified atom stereocenters. The van der Waals surface area contributed by atoms with Gasteiger partial charge in [0.2, 0.25) is 0 Å². The maximum absolute atomic E-state index is 6.37. The van der Waals surface area contributed by atoms with Gasteiger partial charge >= 0.3 is 0 Å². The third-order valence-corrected chi connectivity index (χ3v) is 4.05. The van der Waals surface area contributed by atoms with E-state index in [0.29, 0.717) is 5.92 Å². The Hall–Kier alpha value is -0.830. The zero-order chi connectivity index (χ0) is 10.6. The number of H-pyrrole nitrogens is 1. The van der Waals surface area contributed by atoms with Crippen LogP contribution in [0.2, 0.25) is 0 Å². The third-order valence-electron chi connectivity index (χ3n) is 4.05. The van der Waals surface area contributed by atoms with Crippen LogP contribution in [-0.2, 0) is 6.42 Å². The molecule has 0 amide bonds. The van der Waals surface area contributed by atoms with Gasteiger partial charge in [-0.25, -0.2) is 0 Å². The van der Waals surface area contributed by atoms with Crippen LogP contribution in [0.3, 0.4) is 0 Å². The predicted octanol–water partition coefficient (Wildman–Crippen LogP) is 2.26. The summed E-state index contributed by atoms with van der Waals surface area (Å²) in [6.45, 7) is 4.54. The van der Waals surface area contributed by atoms with Crippen LogP contribution in [-0.4, -0.2) is 10.2 Å². The van der Waals surface area contributed by atoms with Gasteiger partial charge in [0.05, 0.1) is 5.69 Å². The average Bonchev–Trinajstić information content (AvgIpc) is 2.93. The lowest BCUT2D eigenvalue weighted by atomic mass is 9.72. The van der Waals surface area contributed by atoms with Crippen LogP contribution < -0.4 is 5.73 Å². The Morgan fingerprint density at radius 3 is 2.80 bits per heavy atom. The van der Waals surface area contributed by atoms with E-state index in [4.69, 9.17) is 5.73 Å². The van der Waals surface area contributed by atoms with Crippen molar-refractivity contribution < 1.29 is 0 Å². The Bertz CT molecular complexity index is 388. The van der Waals surface area contributed by atoms with Gasteiger partial charge in [0.25, 0.3) is 0 Å². The molecule has 3 nitrogen and oxygen atoms in total. The number of rotatable bonds is 1. The molecule has 0 bridgehead atoms. The minimum Gasteiger partial charge on any atom is -0.323 e. The van der Waals surface area contributed by atoms with Crippen molar-refractivity contribution in [2.45, 2.75) is 51.5 Å². The zero-order valence-corrected chi connectivity index (χ0v) is 9.51. The number of nitrogens with zero attached hydrogens (tertiary/aromatic N) is 1. The summed E-state index contributed by atoms with van der Waals surface area (Å²) in [7, 11) is 0. The summed E-state index contributed by atoms with van der Waals surface area (Å²) in [5.74, 6) is 0.699. The van der Waals surface area contributed by atoms with Gasteiger partial charge in [0, 0.05) is 23.2 Å². The lowest BCUT2D eigenvalue weighted by Crippen LogP contribution is -2.34. The normalized spacial score (nSPS) is 28.9. The van der Waals surface area contributed by atoms with E-state index in [1.807, 2.05) is 0 Å². The van der Waals surface area contributed by atoms with Crippen molar-refractivity contribution in [2.75, 3.05) is 0 Å². The maximum Gasteiger partial charge on any atom is 0.0703 e. The Kier molecular flexibility index (Phi) is 1.78. The van der Waals surface area contributed by atoms with E-state index in [9.17, 15) is 0 Å². The first kappa shape index (κ1) is 9.40. The quantitative estimate of drug-likeness (QED) is 0.739. The van der Waals surface area contributed by atoms with Crippen LogP contribution >= 0.6 is 0 Å². The topological polar surface area (TPSA) is 54.7 Å². The second-order valence-electron chi connectivity index (χ2n) is 5.74. The van der Waals surface area contributed by atoms with E-state index in [-0.39, 0.29) is 11.5 Å². The fraction of sp³-hybridized carbons (Fsp3) is 0.750. The van der Waals surface area contributed by atoms with Crippen molar-refractivity contribution in [3.63, 3.8) is 0 Å². The minimum atomic E-state index is 0.163. The number of hydrogen-bond donors (Lipinski definition) is 2. The first-order valence-corrected chi connectivity index (χ1v) is 5.92. The summed E-state index contributed by atoms with van der Waals surface area (Å²) in [5, 5.41) is 7.66. The molecule has 1 heterocycles. The lowest BCUT2D eigenvalue weighted by Gasteiger charge is -2.36. The summed E-state index contributed by atoms with van der Waals surface area (Å²) < 4.78 is 0. The van der Waals surface area contributed by atoms with Crippen molar-refractivity contribution >= 4 is 0 Å². The molecule has 2 aliphatic carbocycles. The number of fused-ring (bicyclic) bond motifs is 1. The highest BCUT2D eigenvalue weighted by molar-refractivity contribution is 5.36. The number of aromatic nitrogens is 2. The SMILES string of the molecule is CC1(C)CCc2[nH]nc(C3CC3)c2C1N. The molecule has 1 atom stereocenters. The van der Waals surface area contributed by atoms with Crippen LogP contribution in [0, 0.1) is 5.41 Å². The van der Waals surface area contributed by atoms with Gasteiger partial charge in [-0.05, 0) is 31.1 Å². The Morgan fingerprint density at radius 1 is 1.40 bits per heavy atom. The molecule has 3 heteroatoms. The van der Waals surface area contributed by atoms with Crippen molar-refractivity contribution in [3.8, 4) is 0 Å². The summed E-state index contributed by atoms with van der Waals surface area (Å²) >= 11 is 0. The summed E-state index contributed by atoms with van der Waals surface area (Å²) in [5.41, 5.74) is 10.5. The highest BCUT2D eigenvalue weighted by atomic mass is 15.1. The molecule has 2 aliphatic rings. The first-order chi connectivity index (χ1) is 7.09. The second kappa shape index (κ2) is 2.85. The smallest absolute Gasteiger partial charge is 0.0703 e. The van der Waals surface area contributed by atoms with E-state index in [0.717, 1.165) is 12.8 Å². The molecule has 1 fully saturated rings. The molecule has 82 valence electrons.